The summed E-state index contributed by atoms with van der Waals surface area (Å²) in [5.74, 6) is 3.36. The molecule has 0 bridgehead atoms. The number of hydrogen-bond donors (Lipinski definition) is 0. The number of carbonyl (C=O) groups is 1. The molecule has 0 N–H and O–H groups in total. The number of carbonyl (C=O) groups excluding carboxylic acids is 1. The van der Waals surface area contributed by atoms with E-state index in [1.165, 1.54) is 43.9 Å². The highest BCUT2D eigenvalue weighted by Crippen LogP contribution is 2.32. The fourth-order valence-corrected chi connectivity index (χ4v) is 3.98. The molecular weight excluding hydrogens is 230 g/mol. The third-order valence-corrected chi connectivity index (χ3v) is 5.09. The standard InChI is InChI=1S/C14H25NOS/c1-2-17-11-10-15-9-4-3-7-13(15)12-6-5-8-14(12)16/h12-13H,2-11H2,1H3. The Kier molecular flexibility index (Phi) is 5.36. The number of likely N-dealkylation sites (tertiary alicyclic amines) is 1. The van der Waals surface area contributed by atoms with Crippen molar-refractivity contribution in [2.45, 2.75) is 51.5 Å². The highest BCUT2D eigenvalue weighted by atomic mass is 32.2. The maximum Gasteiger partial charge on any atom is 0.137 e. The lowest BCUT2D eigenvalue weighted by molar-refractivity contribution is -0.123. The van der Waals surface area contributed by atoms with Gasteiger partial charge >= 0.3 is 0 Å². The average Bonchev–Trinajstić information content (AvgIpc) is 2.76. The molecule has 2 unspecified atom stereocenters. The molecule has 0 aromatic rings. The van der Waals surface area contributed by atoms with Crippen LogP contribution in [0.2, 0.25) is 0 Å². The number of nitrogens with zero attached hydrogens (tertiary/aromatic N) is 1. The first kappa shape index (κ1) is 13.4. The highest BCUT2D eigenvalue weighted by Gasteiger charge is 2.36. The first-order chi connectivity index (χ1) is 8.33. The molecule has 1 saturated heterocycles. The van der Waals surface area contributed by atoms with Gasteiger partial charge in [0.15, 0.2) is 0 Å². The summed E-state index contributed by atoms with van der Waals surface area (Å²) >= 11 is 2.02. The Balaban J connectivity index is 1.89. The summed E-state index contributed by atoms with van der Waals surface area (Å²) in [5.41, 5.74) is 0. The molecule has 0 amide bonds. The molecule has 1 aliphatic heterocycles. The second kappa shape index (κ2) is 6.79. The van der Waals surface area contributed by atoms with Gasteiger partial charge < -0.3 is 0 Å². The normalized spacial score (nSPS) is 31.0. The number of rotatable bonds is 5. The zero-order valence-corrected chi connectivity index (χ0v) is 11.8. The van der Waals surface area contributed by atoms with Gasteiger partial charge in [0, 0.05) is 30.7 Å². The van der Waals surface area contributed by atoms with Crippen LogP contribution in [0.15, 0.2) is 0 Å². The lowest BCUT2D eigenvalue weighted by atomic mass is 9.88. The van der Waals surface area contributed by atoms with Gasteiger partial charge in [-0.15, -0.1) is 0 Å². The molecule has 0 aromatic heterocycles. The minimum Gasteiger partial charge on any atom is -0.299 e. The molecule has 2 rings (SSSR count). The van der Waals surface area contributed by atoms with Crippen molar-refractivity contribution in [3.63, 3.8) is 0 Å². The van der Waals surface area contributed by atoms with Crippen LogP contribution in [0, 0.1) is 5.92 Å². The van der Waals surface area contributed by atoms with E-state index in [-0.39, 0.29) is 0 Å². The van der Waals surface area contributed by atoms with Crippen molar-refractivity contribution in [3.8, 4) is 0 Å². The molecule has 0 spiro atoms. The van der Waals surface area contributed by atoms with Crippen LogP contribution in [-0.4, -0.2) is 41.3 Å². The number of piperidine rings is 1. The quantitative estimate of drug-likeness (QED) is 0.705. The van der Waals surface area contributed by atoms with Gasteiger partial charge in [-0.2, -0.15) is 11.8 Å². The molecule has 98 valence electrons. The van der Waals surface area contributed by atoms with Crippen LogP contribution in [0.25, 0.3) is 0 Å². The minimum atomic E-state index is 0.377. The van der Waals surface area contributed by atoms with Crippen molar-refractivity contribution >= 4 is 17.5 Å². The van der Waals surface area contributed by atoms with Crippen LogP contribution in [0.1, 0.15) is 45.4 Å². The Morgan fingerprint density at radius 1 is 1.29 bits per heavy atom. The smallest absolute Gasteiger partial charge is 0.137 e. The van der Waals surface area contributed by atoms with Gasteiger partial charge in [0.25, 0.3) is 0 Å². The summed E-state index contributed by atoms with van der Waals surface area (Å²) in [6, 6.07) is 0.580. The summed E-state index contributed by atoms with van der Waals surface area (Å²) in [6.07, 6.45) is 7.05. The van der Waals surface area contributed by atoms with Crippen LogP contribution in [-0.2, 0) is 4.79 Å². The van der Waals surface area contributed by atoms with Crippen molar-refractivity contribution < 1.29 is 4.79 Å². The molecule has 3 heteroatoms. The van der Waals surface area contributed by atoms with Crippen molar-refractivity contribution in [1.29, 1.82) is 0 Å². The zero-order valence-electron chi connectivity index (χ0n) is 11.0. The van der Waals surface area contributed by atoms with Crippen molar-refractivity contribution in [2.75, 3.05) is 24.6 Å². The predicted octanol–water partition coefficient (Wildman–Crippen LogP) is 2.96. The monoisotopic (exact) mass is 255 g/mol. The number of thioether (sulfide) groups is 1. The van der Waals surface area contributed by atoms with E-state index in [2.05, 4.69) is 11.8 Å². The molecule has 1 aliphatic carbocycles. The second-order valence-electron chi connectivity index (χ2n) is 5.26. The van der Waals surface area contributed by atoms with Gasteiger partial charge in [-0.25, -0.2) is 0 Å². The SMILES string of the molecule is CCSCCN1CCCCC1C1CCCC1=O. The molecule has 0 aromatic carbocycles. The maximum absolute atomic E-state index is 11.9. The molecule has 2 fully saturated rings. The van der Waals surface area contributed by atoms with Gasteiger partial charge in [-0.3, -0.25) is 9.69 Å². The van der Waals surface area contributed by atoms with Crippen molar-refractivity contribution in [2.24, 2.45) is 5.92 Å². The fraction of sp³-hybridized carbons (Fsp3) is 0.929. The van der Waals surface area contributed by atoms with Gasteiger partial charge in [0.1, 0.15) is 5.78 Å². The average molecular weight is 255 g/mol. The van der Waals surface area contributed by atoms with E-state index in [0.29, 0.717) is 17.7 Å². The largest absolute Gasteiger partial charge is 0.299 e. The van der Waals surface area contributed by atoms with Crippen LogP contribution >= 0.6 is 11.8 Å². The van der Waals surface area contributed by atoms with Gasteiger partial charge in [-0.1, -0.05) is 13.3 Å². The summed E-state index contributed by atoms with van der Waals surface area (Å²) in [6.45, 7) is 4.63. The second-order valence-corrected chi connectivity index (χ2v) is 6.65. The van der Waals surface area contributed by atoms with E-state index in [0.717, 1.165) is 19.3 Å². The van der Waals surface area contributed by atoms with Gasteiger partial charge in [-0.05, 0) is 38.0 Å². The Bertz CT molecular complexity index is 257. The molecule has 2 nitrogen and oxygen atoms in total. The van der Waals surface area contributed by atoms with Crippen LogP contribution in [0.4, 0.5) is 0 Å². The summed E-state index contributed by atoms with van der Waals surface area (Å²) < 4.78 is 0. The first-order valence-electron chi connectivity index (χ1n) is 7.17. The number of ketones is 1. The van der Waals surface area contributed by atoms with E-state index in [4.69, 9.17) is 0 Å². The Hall–Kier alpha value is -0.0200. The lowest BCUT2D eigenvalue weighted by Crippen LogP contribution is -2.46. The first-order valence-corrected chi connectivity index (χ1v) is 8.33. The van der Waals surface area contributed by atoms with E-state index >= 15 is 0 Å². The maximum atomic E-state index is 11.9. The zero-order chi connectivity index (χ0) is 12.1. The van der Waals surface area contributed by atoms with Gasteiger partial charge in [0.2, 0.25) is 0 Å². The van der Waals surface area contributed by atoms with E-state index < -0.39 is 0 Å². The molecule has 0 radical (unpaired) electrons. The van der Waals surface area contributed by atoms with E-state index in [1.807, 2.05) is 11.8 Å². The summed E-state index contributed by atoms with van der Waals surface area (Å²) in [5, 5.41) is 0. The number of hydrogen-bond acceptors (Lipinski definition) is 3. The Morgan fingerprint density at radius 3 is 2.88 bits per heavy atom. The molecule has 1 heterocycles. The van der Waals surface area contributed by atoms with Crippen LogP contribution in [0.5, 0.6) is 0 Å². The summed E-state index contributed by atoms with van der Waals surface area (Å²) in [4.78, 5) is 14.5. The van der Waals surface area contributed by atoms with Crippen molar-refractivity contribution in [3.05, 3.63) is 0 Å². The number of Topliss-reactive ketones (excluding diaryl/α,β-unsaturated/α-hetero) is 1. The Labute approximate surface area is 110 Å². The topological polar surface area (TPSA) is 20.3 Å². The molecule has 2 aliphatic rings. The Morgan fingerprint density at radius 2 is 2.18 bits per heavy atom. The van der Waals surface area contributed by atoms with Crippen molar-refractivity contribution in [1.82, 2.24) is 4.90 Å². The molecular formula is C14H25NOS. The molecule has 1 saturated carbocycles. The van der Waals surface area contributed by atoms with E-state index in [1.54, 1.807) is 0 Å². The fourth-order valence-electron chi connectivity index (χ4n) is 3.33. The van der Waals surface area contributed by atoms with Crippen LogP contribution < -0.4 is 0 Å². The van der Waals surface area contributed by atoms with Crippen LogP contribution in [0.3, 0.4) is 0 Å². The highest BCUT2D eigenvalue weighted by molar-refractivity contribution is 7.99. The molecule has 17 heavy (non-hydrogen) atoms. The molecule has 2 atom stereocenters. The van der Waals surface area contributed by atoms with E-state index in [9.17, 15) is 4.79 Å². The van der Waals surface area contributed by atoms with Gasteiger partial charge in [0.05, 0.1) is 0 Å². The predicted molar refractivity (Wildman–Crippen MR) is 74.6 cm³/mol. The minimum absolute atomic E-state index is 0.377. The third kappa shape index (κ3) is 3.47. The summed E-state index contributed by atoms with van der Waals surface area (Å²) in [7, 11) is 0. The third-order valence-electron chi connectivity index (χ3n) is 4.21. The lowest BCUT2D eigenvalue weighted by Gasteiger charge is -2.38.